The van der Waals surface area contributed by atoms with Crippen molar-refractivity contribution >= 4 is 21.6 Å². The third-order valence-electron chi connectivity index (χ3n) is 2.91. The number of hydrogen-bond donors (Lipinski definition) is 3. The van der Waals surface area contributed by atoms with Crippen molar-refractivity contribution in [1.82, 2.24) is 4.72 Å². The summed E-state index contributed by atoms with van der Waals surface area (Å²) >= 11 is 5.64. The van der Waals surface area contributed by atoms with E-state index in [9.17, 15) is 18.6 Å². The van der Waals surface area contributed by atoms with Crippen molar-refractivity contribution in [2.24, 2.45) is 0 Å². The van der Waals surface area contributed by atoms with Crippen molar-refractivity contribution in [2.45, 2.75) is 11.3 Å². The molecular formula is C14H14ClNO4S. The molecule has 0 amide bonds. The van der Waals surface area contributed by atoms with Crippen LogP contribution in [0.5, 0.6) is 11.5 Å². The van der Waals surface area contributed by atoms with Crippen molar-refractivity contribution in [3.05, 3.63) is 53.1 Å². The summed E-state index contributed by atoms with van der Waals surface area (Å²) in [6, 6.07) is 10.4. The van der Waals surface area contributed by atoms with Gasteiger partial charge in [-0.2, -0.15) is 0 Å². The van der Waals surface area contributed by atoms with E-state index in [0.717, 1.165) is 6.07 Å². The quantitative estimate of drug-likeness (QED) is 0.786. The molecule has 5 nitrogen and oxygen atoms in total. The number of hydrogen-bond acceptors (Lipinski definition) is 4. The van der Waals surface area contributed by atoms with Crippen LogP contribution >= 0.6 is 11.6 Å². The predicted molar refractivity (Wildman–Crippen MR) is 80.1 cm³/mol. The highest BCUT2D eigenvalue weighted by molar-refractivity contribution is 7.89. The molecule has 2 aromatic rings. The number of benzene rings is 2. The Hall–Kier alpha value is -1.76. The highest BCUT2D eigenvalue weighted by Gasteiger charge is 2.15. The normalized spacial score (nSPS) is 11.5. The van der Waals surface area contributed by atoms with E-state index in [2.05, 4.69) is 4.72 Å². The number of phenols is 2. The van der Waals surface area contributed by atoms with Crippen LogP contribution in [0.25, 0.3) is 0 Å². The largest absolute Gasteiger partial charge is 0.508 e. The lowest BCUT2D eigenvalue weighted by atomic mass is 10.1. The Morgan fingerprint density at radius 1 is 1.05 bits per heavy atom. The fourth-order valence-corrected chi connectivity index (χ4v) is 2.95. The van der Waals surface area contributed by atoms with Gasteiger partial charge in [-0.1, -0.05) is 29.8 Å². The van der Waals surface area contributed by atoms with Crippen LogP contribution in [0.4, 0.5) is 0 Å². The molecule has 0 atom stereocenters. The topological polar surface area (TPSA) is 86.6 Å². The molecule has 0 saturated carbocycles. The van der Waals surface area contributed by atoms with Gasteiger partial charge in [0.05, 0.1) is 9.92 Å². The first-order valence-corrected chi connectivity index (χ1v) is 8.01. The fraction of sp³-hybridized carbons (Fsp3) is 0.143. The Bertz CT molecular complexity index is 746. The first kappa shape index (κ1) is 15.6. The van der Waals surface area contributed by atoms with E-state index < -0.39 is 10.0 Å². The van der Waals surface area contributed by atoms with Gasteiger partial charge in [0.1, 0.15) is 11.5 Å². The lowest BCUT2D eigenvalue weighted by Gasteiger charge is -2.08. The van der Waals surface area contributed by atoms with Gasteiger partial charge < -0.3 is 10.2 Å². The molecular weight excluding hydrogens is 314 g/mol. The van der Waals surface area contributed by atoms with Crippen molar-refractivity contribution in [1.29, 1.82) is 0 Å². The molecule has 2 rings (SSSR count). The smallest absolute Gasteiger partial charge is 0.240 e. The Morgan fingerprint density at radius 3 is 2.43 bits per heavy atom. The minimum Gasteiger partial charge on any atom is -0.508 e. The summed E-state index contributed by atoms with van der Waals surface area (Å²) in [7, 11) is -3.73. The van der Waals surface area contributed by atoms with Crippen LogP contribution in [0.15, 0.2) is 47.4 Å². The van der Waals surface area contributed by atoms with E-state index in [-0.39, 0.29) is 28.0 Å². The molecule has 0 radical (unpaired) electrons. The average molecular weight is 328 g/mol. The van der Waals surface area contributed by atoms with Crippen LogP contribution in [-0.2, 0) is 16.4 Å². The van der Waals surface area contributed by atoms with E-state index >= 15 is 0 Å². The molecule has 21 heavy (non-hydrogen) atoms. The van der Waals surface area contributed by atoms with Crippen molar-refractivity contribution in [3.8, 4) is 11.5 Å². The molecule has 0 heterocycles. The van der Waals surface area contributed by atoms with Crippen LogP contribution in [-0.4, -0.2) is 25.2 Å². The minimum absolute atomic E-state index is 0.0679. The number of aromatic hydroxyl groups is 2. The van der Waals surface area contributed by atoms with Gasteiger partial charge in [0.15, 0.2) is 0 Å². The standard InChI is InChI=1S/C14H14ClNO4S/c15-12-6-5-11(9-14(12)18)21(19,20)16-8-7-10-3-1-2-4-13(10)17/h1-6,9,16-18H,7-8H2. The number of halogens is 1. The first-order valence-electron chi connectivity index (χ1n) is 6.15. The molecule has 0 aromatic heterocycles. The summed E-state index contributed by atoms with van der Waals surface area (Å²) in [5, 5.41) is 19.1. The van der Waals surface area contributed by atoms with Crippen LogP contribution in [0.3, 0.4) is 0 Å². The molecule has 0 aliphatic carbocycles. The second kappa shape index (κ2) is 6.34. The summed E-state index contributed by atoms with van der Waals surface area (Å²) < 4.78 is 26.5. The van der Waals surface area contributed by atoms with E-state index in [4.69, 9.17) is 11.6 Å². The summed E-state index contributed by atoms with van der Waals surface area (Å²) in [4.78, 5) is -0.0679. The van der Waals surface area contributed by atoms with Crippen molar-refractivity contribution < 1.29 is 18.6 Å². The van der Waals surface area contributed by atoms with Gasteiger partial charge in [0, 0.05) is 12.6 Å². The highest BCUT2D eigenvalue weighted by atomic mass is 35.5. The second-order valence-corrected chi connectivity index (χ2v) is 6.56. The Labute approximate surface area is 127 Å². The number of nitrogens with one attached hydrogen (secondary N) is 1. The zero-order valence-corrected chi connectivity index (χ0v) is 12.5. The Balaban J connectivity index is 2.05. The molecule has 7 heteroatoms. The molecule has 112 valence electrons. The summed E-state index contributed by atoms with van der Waals surface area (Å²) in [6.45, 7) is 0.128. The molecule has 0 aliphatic rings. The summed E-state index contributed by atoms with van der Waals surface area (Å²) in [5.41, 5.74) is 0.652. The molecule has 3 N–H and O–H groups in total. The highest BCUT2D eigenvalue weighted by Crippen LogP contribution is 2.25. The molecule has 0 spiro atoms. The molecule has 0 bridgehead atoms. The minimum atomic E-state index is -3.73. The van der Waals surface area contributed by atoms with E-state index in [0.29, 0.717) is 12.0 Å². The second-order valence-electron chi connectivity index (χ2n) is 4.39. The monoisotopic (exact) mass is 327 g/mol. The zero-order valence-electron chi connectivity index (χ0n) is 11.0. The third kappa shape index (κ3) is 3.87. The van der Waals surface area contributed by atoms with Crippen LogP contribution in [0, 0.1) is 0 Å². The Morgan fingerprint density at radius 2 is 1.76 bits per heavy atom. The van der Waals surface area contributed by atoms with E-state index in [1.165, 1.54) is 12.1 Å². The molecule has 0 aliphatic heterocycles. The molecule has 0 unspecified atom stereocenters. The summed E-state index contributed by atoms with van der Waals surface area (Å²) in [5.74, 6) is -0.166. The van der Waals surface area contributed by atoms with Crippen molar-refractivity contribution in [3.63, 3.8) is 0 Å². The van der Waals surface area contributed by atoms with Crippen LogP contribution in [0.1, 0.15) is 5.56 Å². The van der Waals surface area contributed by atoms with Gasteiger partial charge >= 0.3 is 0 Å². The SMILES string of the molecule is O=S(=O)(NCCc1ccccc1O)c1ccc(Cl)c(O)c1. The van der Waals surface area contributed by atoms with Gasteiger partial charge in [-0.15, -0.1) is 0 Å². The number of sulfonamides is 1. The maximum absolute atomic E-state index is 12.0. The van der Waals surface area contributed by atoms with Crippen molar-refractivity contribution in [2.75, 3.05) is 6.54 Å². The fourth-order valence-electron chi connectivity index (χ4n) is 1.79. The van der Waals surface area contributed by atoms with E-state index in [1.54, 1.807) is 24.3 Å². The molecule has 2 aromatic carbocycles. The first-order chi connectivity index (χ1) is 9.90. The average Bonchev–Trinajstić information content (AvgIpc) is 2.44. The predicted octanol–water partition coefficient (Wildman–Crippen LogP) is 2.27. The lowest BCUT2D eigenvalue weighted by molar-refractivity contribution is 0.467. The molecule has 0 fully saturated rings. The van der Waals surface area contributed by atoms with Crippen LogP contribution in [0.2, 0.25) is 5.02 Å². The van der Waals surface area contributed by atoms with Gasteiger partial charge in [-0.25, -0.2) is 13.1 Å². The Kier molecular flexibility index (Phi) is 4.72. The van der Waals surface area contributed by atoms with Gasteiger partial charge in [0.2, 0.25) is 10.0 Å². The number of phenolic OH excluding ortho intramolecular Hbond substituents is 2. The maximum atomic E-state index is 12.0. The van der Waals surface area contributed by atoms with Crippen LogP contribution < -0.4 is 4.72 Å². The van der Waals surface area contributed by atoms with E-state index in [1.807, 2.05) is 0 Å². The van der Waals surface area contributed by atoms with Gasteiger partial charge in [-0.3, -0.25) is 0 Å². The third-order valence-corrected chi connectivity index (χ3v) is 4.68. The molecule has 0 saturated heterocycles. The summed E-state index contributed by atoms with van der Waals surface area (Å²) in [6.07, 6.45) is 0.353. The zero-order chi connectivity index (χ0) is 15.5. The van der Waals surface area contributed by atoms with Gasteiger partial charge in [-0.05, 0) is 30.2 Å². The number of rotatable bonds is 5. The van der Waals surface area contributed by atoms with Gasteiger partial charge in [0.25, 0.3) is 0 Å². The number of para-hydroxylation sites is 1. The maximum Gasteiger partial charge on any atom is 0.240 e. The lowest BCUT2D eigenvalue weighted by Crippen LogP contribution is -2.26.